The van der Waals surface area contributed by atoms with Gasteiger partial charge >= 0.3 is 6.98 Å². The second kappa shape index (κ2) is 8.08. The van der Waals surface area contributed by atoms with E-state index >= 15 is 0 Å². The second-order valence-electron chi connectivity index (χ2n) is 11.8. The van der Waals surface area contributed by atoms with Gasteiger partial charge in [-0.05, 0) is 77.0 Å². The van der Waals surface area contributed by atoms with Gasteiger partial charge in [0.2, 0.25) is 0 Å². The molecular formula is C38H28BN2+. The number of pyridine rings is 1. The van der Waals surface area contributed by atoms with Crippen LogP contribution in [0.2, 0.25) is 0 Å². The maximum Gasteiger partial charge on any atom is 0.657 e. The molecule has 0 amide bonds. The molecular weight excluding hydrogens is 495 g/mol. The van der Waals surface area contributed by atoms with Gasteiger partial charge in [0, 0.05) is 33.2 Å². The van der Waals surface area contributed by atoms with E-state index in [0.717, 1.165) is 0 Å². The summed E-state index contributed by atoms with van der Waals surface area (Å²) in [6, 6.07) is 40.7. The highest BCUT2D eigenvalue weighted by molar-refractivity contribution is 6.68. The van der Waals surface area contributed by atoms with E-state index in [1.807, 2.05) is 0 Å². The topological polar surface area (TPSA) is 8.81 Å². The highest BCUT2D eigenvalue weighted by Crippen LogP contribution is 2.44. The van der Waals surface area contributed by atoms with Crippen LogP contribution >= 0.6 is 0 Å². The molecule has 0 radical (unpaired) electrons. The number of fused-ring (bicyclic) bond motifs is 10. The Labute approximate surface area is 239 Å². The van der Waals surface area contributed by atoms with Gasteiger partial charge < -0.3 is 4.48 Å². The van der Waals surface area contributed by atoms with Crippen LogP contribution in [0, 0.1) is 20.8 Å². The second-order valence-corrected chi connectivity index (χ2v) is 11.8. The van der Waals surface area contributed by atoms with Crippen LogP contribution in [0.1, 0.15) is 16.7 Å². The summed E-state index contributed by atoms with van der Waals surface area (Å²) in [6.45, 7) is 6.76. The smallest absolute Gasteiger partial charge is 0.314 e. The molecule has 2 nitrogen and oxygen atoms in total. The van der Waals surface area contributed by atoms with Crippen molar-refractivity contribution in [2.45, 2.75) is 20.8 Å². The number of aryl methyl sites for hydroxylation is 3. The van der Waals surface area contributed by atoms with E-state index in [-0.39, 0.29) is 6.98 Å². The molecule has 2 aromatic heterocycles. The molecule has 3 heteroatoms. The lowest BCUT2D eigenvalue weighted by molar-refractivity contribution is -0.524. The number of benzene rings is 6. The van der Waals surface area contributed by atoms with Crippen molar-refractivity contribution in [1.82, 2.24) is 4.48 Å². The molecule has 0 atom stereocenters. The molecule has 1 aliphatic heterocycles. The Morgan fingerprint density at radius 1 is 0.585 bits per heavy atom. The maximum absolute atomic E-state index is 2.64. The summed E-state index contributed by atoms with van der Waals surface area (Å²) in [5.74, 6) is 0. The molecule has 192 valence electrons. The van der Waals surface area contributed by atoms with Crippen molar-refractivity contribution in [3.05, 3.63) is 132 Å². The Morgan fingerprint density at radius 2 is 1.22 bits per heavy atom. The van der Waals surface area contributed by atoms with Crippen molar-refractivity contribution in [2.75, 3.05) is 0 Å². The van der Waals surface area contributed by atoms with Crippen LogP contribution in [0.15, 0.2) is 115 Å². The van der Waals surface area contributed by atoms with Gasteiger partial charge in [0.25, 0.3) is 0 Å². The van der Waals surface area contributed by atoms with E-state index in [0.29, 0.717) is 0 Å². The predicted molar refractivity (Wildman–Crippen MR) is 174 cm³/mol. The van der Waals surface area contributed by atoms with Crippen molar-refractivity contribution in [1.29, 1.82) is 0 Å². The molecule has 6 aromatic carbocycles. The number of aromatic nitrogens is 2. The Kier molecular flexibility index (Phi) is 4.51. The lowest BCUT2D eigenvalue weighted by atomic mass is 9.61. The molecule has 0 fully saturated rings. The first kappa shape index (κ1) is 22.9. The van der Waals surface area contributed by atoms with Crippen LogP contribution in [0.4, 0.5) is 0 Å². The molecule has 8 aromatic rings. The number of hydrogen-bond donors (Lipinski definition) is 0. The van der Waals surface area contributed by atoms with Crippen molar-refractivity contribution < 1.29 is 4.48 Å². The summed E-state index contributed by atoms with van der Waals surface area (Å²) >= 11 is 0. The molecule has 0 unspecified atom stereocenters. The molecule has 0 saturated carbocycles. The normalized spacial score (nSPS) is 12.7. The SMILES string of the molecule is Cc1cc(C)c(B2n3c4ccc5ccccc5c4c4c5ccccc5cc(c43)-c3cc4ccccc4c[n+]32)c(C)c1. The molecule has 0 bridgehead atoms. The molecule has 0 aliphatic carbocycles. The average molecular weight is 523 g/mol. The van der Waals surface area contributed by atoms with E-state index in [9.17, 15) is 0 Å². The van der Waals surface area contributed by atoms with E-state index in [1.165, 1.54) is 87.5 Å². The van der Waals surface area contributed by atoms with Crippen LogP contribution in [0.5, 0.6) is 0 Å². The molecule has 1 aliphatic rings. The Balaban J connectivity index is 1.59. The van der Waals surface area contributed by atoms with E-state index in [2.05, 4.69) is 145 Å². The Hall–Kier alpha value is -4.89. The van der Waals surface area contributed by atoms with Crippen LogP contribution < -0.4 is 9.94 Å². The zero-order valence-corrected chi connectivity index (χ0v) is 23.4. The van der Waals surface area contributed by atoms with Crippen LogP contribution in [0.25, 0.3) is 65.4 Å². The standard InChI is InChI=1S/C38H28BN2/c1-23-18-24(2)37(25(3)19-23)39-40-22-29-13-5-4-11-27(29)21-34(40)32-20-28-12-7-9-15-31(28)36-35-30-14-8-6-10-26(30)16-17-33(35)41(39)38(32)36/h4-22H,1-3H3/q+1. The monoisotopic (exact) mass is 523 g/mol. The van der Waals surface area contributed by atoms with Crippen molar-refractivity contribution in [3.8, 4) is 11.3 Å². The van der Waals surface area contributed by atoms with Crippen molar-refractivity contribution >= 4 is 66.6 Å². The van der Waals surface area contributed by atoms with E-state index in [4.69, 9.17) is 0 Å². The number of rotatable bonds is 1. The first-order valence-corrected chi connectivity index (χ1v) is 14.5. The van der Waals surface area contributed by atoms with Gasteiger partial charge in [0.1, 0.15) is 0 Å². The zero-order chi connectivity index (χ0) is 27.4. The van der Waals surface area contributed by atoms with Gasteiger partial charge in [-0.3, -0.25) is 4.48 Å². The summed E-state index contributed by atoms with van der Waals surface area (Å²) in [7, 11) is 0. The predicted octanol–water partition coefficient (Wildman–Crippen LogP) is 8.24. The fourth-order valence-electron chi connectivity index (χ4n) is 7.74. The fraction of sp³-hybridized carbons (Fsp3) is 0.0789. The molecule has 3 heterocycles. The summed E-state index contributed by atoms with van der Waals surface area (Å²) in [5, 5.41) is 10.4. The summed E-state index contributed by atoms with van der Waals surface area (Å²) in [4.78, 5) is 0. The highest BCUT2D eigenvalue weighted by atomic mass is 15.1. The lowest BCUT2D eigenvalue weighted by Crippen LogP contribution is -2.66. The van der Waals surface area contributed by atoms with Gasteiger partial charge in [0.15, 0.2) is 11.9 Å². The minimum absolute atomic E-state index is 0.00923. The fourth-order valence-corrected chi connectivity index (χ4v) is 7.74. The molecule has 41 heavy (non-hydrogen) atoms. The van der Waals surface area contributed by atoms with Gasteiger partial charge in [-0.25, -0.2) is 0 Å². The quantitative estimate of drug-likeness (QED) is 0.192. The van der Waals surface area contributed by atoms with E-state index in [1.54, 1.807) is 0 Å². The van der Waals surface area contributed by atoms with Crippen LogP contribution in [-0.2, 0) is 0 Å². The number of hydrogen-bond acceptors (Lipinski definition) is 0. The van der Waals surface area contributed by atoms with Gasteiger partial charge in [-0.2, -0.15) is 0 Å². The minimum Gasteiger partial charge on any atom is -0.314 e. The van der Waals surface area contributed by atoms with Crippen molar-refractivity contribution in [3.63, 3.8) is 0 Å². The first-order chi connectivity index (χ1) is 20.1. The third-order valence-corrected chi connectivity index (χ3v) is 9.30. The maximum atomic E-state index is 2.64. The Morgan fingerprint density at radius 3 is 1.98 bits per heavy atom. The van der Waals surface area contributed by atoms with Gasteiger partial charge in [-0.15, -0.1) is 0 Å². The first-order valence-electron chi connectivity index (χ1n) is 14.5. The van der Waals surface area contributed by atoms with Crippen LogP contribution in [-0.4, -0.2) is 11.5 Å². The largest absolute Gasteiger partial charge is 0.657 e. The van der Waals surface area contributed by atoms with E-state index < -0.39 is 0 Å². The van der Waals surface area contributed by atoms with Crippen LogP contribution in [0.3, 0.4) is 0 Å². The summed E-state index contributed by atoms with van der Waals surface area (Å²) in [6.07, 6.45) is 2.38. The summed E-state index contributed by atoms with van der Waals surface area (Å²) in [5.41, 5.74) is 10.5. The summed E-state index contributed by atoms with van der Waals surface area (Å²) < 4.78 is 5.18. The molecule has 0 spiro atoms. The Bertz CT molecular complexity index is 2390. The van der Waals surface area contributed by atoms with Crippen molar-refractivity contribution in [2.24, 2.45) is 0 Å². The molecule has 0 saturated heterocycles. The minimum atomic E-state index is -0.00923. The third-order valence-electron chi connectivity index (χ3n) is 9.30. The average Bonchev–Trinajstić information content (AvgIpc) is 3.34. The lowest BCUT2D eigenvalue weighted by Gasteiger charge is -2.24. The van der Waals surface area contributed by atoms with Gasteiger partial charge in [0.05, 0.1) is 11.1 Å². The molecule has 0 N–H and O–H groups in total. The molecule has 9 rings (SSSR count). The highest BCUT2D eigenvalue weighted by Gasteiger charge is 2.46. The van der Waals surface area contributed by atoms with Gasteiger partial charge in [-0.1, -0.05) is 90.5 Å². The zero-order valence-electron chi connectivity index (χ0n) is 23.4. The third kappa shape index (κ3) is 3.01. The number of nitrogens with zero attached hydrogens (tertiary/aromatic N) is 2.